The molecule has 0 N–H and O–H groups in total. The van der Waals surface area contributed by atoms with Crippen molar-refractivity contribution >= 4 is 11.3 Å². The molecule has 0 radical (unpaired) electrons. The van der Waals surface area contributed by atoms with Gasteiger partial charge in [-0.2, -0.15) is 0 Å². The highest BCUT2D eigenvalue weighted by atomic mass is 32.1. The Bertz CT molecular complexity index is 362. The maximum Gasteiger partial charge on any atom is 0.105 e. The molecule has 13 heavy (non-hydrogen) atoms. The molecule has 0 bridgehead atoms. The number of hydrogen-bond donors (Lipinski definition) is 0. The molecule has 2 aromatic heterocycles. The Hall–Kier alpha value is -1.09. The van der Waals surface area contributed by atoms with E-state index in [9.17, 15) is 0 Å². The molecule has 2 aromatic rings. The SMILES string of the molecule is Cc1nccn1CCc1cccs1. The second kappa shape index (κ2) is 3.75. The van der Waals surface area contributed by atoms with Gasteiger partial charge in [0.25, 0.3) is 0 Å². The van der Waals surface area contributed by atoms with E-state index in [2.05, 4.69) is 27.1 Å². The Morgan fingerprint density at radius 3 is 3.08 bits per heavy atom. The van der Waals surface area contributed by atoms with Gasteiger partial charge in [-0.25, -0.2) is 4.98 Å². The van der Waals surface area contributed by atoms with Gasteiger partial charge in [0.2, 0.25) is 0 Å². The van der Waals surface area contributed by atoms with Crippen molar-refractivity contribution in [3.05, 3.63) is 40.6 Å². The van der Waals surface area contributed by atoms with E-state index in [0.717, 1.165) is 18.8 Å². The summed E-state index contributed by atoms with van der Waals surface area (Å²) in [5, 5.41) is 2.12. The lowest BCUT2D eigenvalue weighted by Gasteiger charge is -2.02. The topological polar surface area (TPSA) is 17.8 Å². The Morgan fingerprint density at radius 2 is 2.46 bits per heavy atom. The fraction of sp³-hybridized carbons (Fsp3) is 0.300. The maximum absolute atomic E-state index is 4.18. The van der Waals surface area contributed by atoms with E-state index in [1.54, 1.807) is 0 Å². The highest BCUT2D eigenvalue weighted by Gasteiger charge is 1.97. The van der Waals surface area contributed by atoms with Gasteiger partial charge in [0.15, 0.2) is 0 Å². The fourth-order valence-electron chi connectivity index (χ4n) is 1.33. The summed E-state index contributed by atoms with van der Waals surface area (Å²) in [5.74, 6) is 1.09. The predicted octanol–water partition coefficient (Wildman–Crippen LogP) is 2.50. The summed E-state index contributed by atoms with van der Waals surface area (Å²) in [4.78, 5) is 5.62. The van der Waals surface area contributed by atoms with Crippen LogP contribution in [0.3, 0.4) is 0 Å². The van der Waals surface area contributed by atoms with Crippen LogP contribution in [0.5, 0.6) is 0 Å². The van der Waals surface area contributed by atoms with Gasteiger partial charge in [-0.1, -0.05) is 6.07 Å². The van der Waals surface area contributed by atoms with Crippen LogP contribution in [0.15, 0.2) is 29.9 Å². The van der Waals surface area contributed by atoms with Crippen molar-refractivity contribution in [3.63, 3.8) is 0 Å². The molecule has 0 aliphatic heterocycles. The average Bonchev–Trinajstić information content (AvgIpc) is 2.72. The molecule has 0 spiro atoms. The molecule has 0 aliphatic carbocycles. The third kappa shape index (κ3) is 1.98. The zero-order chi connectivity index (χ0) is 9.10. The molecular weight excluding hydrogens is 180 g/mol. The van der Waals surface area contributed by atoms with Crippen LogP contribution < -0.4 is 0 Å². The Labute approximate surface area is 81.9 Å². The van der Waals surface area contributed by atoms with Crippen LogP contribution in [0.2, 0.25) is 0 Å². The molecule has 0 aromatic carbocycles. The van der Waals surface area contributed by atoms with Gasteiger partial charge in [-0.15, -0.1) is 11.3 Å². The Kier molecular flexibility index (Phi) is 2.45. The van der Waals surface area contributed by atoms with E-state index in [-0.39, 0.29) is 0 Å². The summed E-state index contributed by atoms with van der Waals surface area (Å²) in [6.45, 7) is 3.07. The van der Waals surface area contributed by atoms with Gasteiger partial charge < -0.3 is 4.57 Å². The van der Waals surface area contributed by atoms with Gasteiger partial charge in [0, 0.05) is 23.8 Å². The van der Waals surface area contributed by atoms with E-state index in [1.165, 1.54) is 4.88 Å². The van der Waals surface area contributed by atoms with Crippen molar-refractivity contribution in [2.45, 2.75) is 19.9 Å². The number of rotatable bonds is 3. The van der Waals surface area contributed by atoms with Crippen LogP contribution in [0.25, 0.3) is 0 Å². The standard InChI is InChI=1S/C10H12N2S/c1-9-11-5-7-12(9)6-4-10-3-2-8-13-10/h2-3,5,7-8H,4,6H2,1H3. The first-order valence-electron chi connectivity index (χ1n) is 4.36. The number of aromatic nitrogens is 2. The summed E-state index contributed by atoms with van der Waals surface area (Å²) < 4.78 is 2.18. The number of nitrogens with zero attached hydrogens (tertiary/aromatic N) is 2. The van der Waals surface area contributed by atoms with Gasteiger partial charge >= 0.3 is 0 Å². The van der Waals surface area contributed by atoms with Crippen molar-refractivity contribution < 1.29 is 0 Å². The van der Waals surface area contributed by atoms with Crippen LogP contribution >= 0.6 is 11.3 Å². The van der Waals surface area contributed by atoms with E-state index in [0.29, 0.717) is 0 Å². The minimum Gasteiger partial charge on any atom is -0.335 e. The normalized spacial score (nSPS) is 10.5. The summed E-state index contributed by atoms with van der Waals surface area (Å²) in [7, 11) is 0. The summed E-state index contributed by atoms with van der Waals surface area (Å²) in [6, 6.07) is 4.28. The number of aryl methyl sites for hydroxylation is 3. The van der Waals surface area contributed by atoms with Crippen molar-refractivity contribution in [1.82, 2.24) is 9.55 Å². The fourth-order valence-corrected chi connectivity index (χ4v) is 2.02. The van der Waals surface area contributed by atoms with Crippen LogP contribution in [-0.4, -0.2) is 9.55 Å². The number of hydrogen-bond acceptors (Lipinski definition) is 2. The molecule has 0 unspecified atom stereocenters. The second-order valence-corrected chi connectivity index (χ2v) is 4.03. The Morgan fingerprint density at radius 1 is 1.54 bits per heavy atom. The van der Waals surface area contributed by atoms with Crippen molar-refractivity contribution in [2.24, 2.45) is 0 Å². The third-order valence-corrected chi connectivity index (χ3v) is 3.04. The zero-order valence-corrected chi connectivity index (χ0v) is 8.42. The second-order valence-electron chi connectivity index (χ2n) is 3.00. The minimum absolute atomic E-state index is 1.03. The molecule has 2 rings (SSSR count). The summed E-state index contributed by atoms with van der Waals surface area (Å²) in [5.41, 5.74) is 0. The van der Waals surface area contributed by atoms with E-state index >= 15 is 0 Å². The summed E-state index contributed by atoms with van der Waals surface area (Å²) in [6.07, 6.45) is 4.99. The highest BCUT2D eigenvalue weighted by Crippen LogP contribution is 2.10. The first-order chi connectivity index (χ1) is 6.36. The molecule has 0 aliphatic rings. The van der Waals surface area contributed by atoms with Crippen LogP contribution in [0, 0.1) is 6.92 Å². The minimum atomic E-state index is 1.03. The van der Waals surface area contributed by atoms with E-state index in [4.69, 9.17) is 0 Å². The van der Waals surface area contributed by atoms with Crippen LogP contribution in [-0.2, 0) is 13.0 Å². The number of imidazole rings is 1. The van der Waals surface area contributed by atoms with Gasteiger partial charge in [0.1, 0.15) is 5.82 Å². The Balaban J connectivity index is 1.97. The highest BCUT2D eigenvalue weighted by molar-refractivity contribution is 7.09. The lowest BCUT2D eigenvalue weighted by Crippen LogP contribution is -2.00. The maximum atomic E-state index is 4.18. The quantitative estimate of drug-likeness (QED) is 0.730. The monoisotopic (exact) mass is 192 g/mol. The smallest absolute Gasteiger partial charge is 0.105 e. The van der Waals surface area contributed by atoms with E-state index in [1.807, 2.05) is 30.7 Å². The first-order valence-corrected chi connectivity index (χ1v) is 5.24. The van der Waals surface area contributed by atoms with Crippen LogP contribution in [0.1, 0.15) is 10.7 Å². The molecule has 0 saturated heterocycles. The number of thiophene rings is 1. The molecule has 3 heteroatoms. The van der Waals surface area contributed by atoms with Crippen molar-refractivity contribution in [1.29, 1.82) is 0 Å². The molecule has 0 saturated carbocycles. The van der Waals surface area contributed by atoms with Crippen LogP contribution in [0.4, 0.5) is 0 Å². The third-order valence-electron chi connectivity index (χ3n) is 2.10. The van der Waals surface area contributed by atoms with E-state index < -0.39 is 0 Å². The lowest BCUT2D eigenvalue weighted by molar-refractivity contribution is 0.678. The zero-order valence-electron chi connectivity index (χ0n) is 7.60. The molecule has 2 nitrogen and oxygen atoms in total. The van der Waals surface area contributed by atoms with Gasteiger partial charge in [0.05, 0.1) is 0 Å². The molecule has 0 amide bonds. The molecule has 0 fully saturated rings. The lowest BCUT2D eigenvalue weighted by atomic mass is 10.3. The van der Waals surface area contributed by atoms with Crippen molar-refractivity contribution in [3.8, 4) is 0 Å². The molecule has 0 atom stereocenters. The molecule has 2 heterocycles. The molecule has 68 valence electrons. The average molecular weight is 192 g/mol. The predicted molar refractivity (Wildman–Crippen MR) is 55.0 cm³/mol. The largest absolute Gasteiger partial charge is 0.335 e. The first kappa shape index (κ1) is 8.51. The van der Waals surface area contributed by atoms with Gasteiger partial charge in [-0.3, -0.25) is 0 Å². The van der Waals surface area contributed by atoms with Crippen molar-refractivity contribution in [2.75, 3.05) is 0 Å². The van der Waals surface area contributed by atoms with Gasteiger partial charge in [-0.05, 0) is 24.8 Å². The molecular formula is C10H12N2S. The summed E-state index contributed by atoms with van der Waals surface area (Å²) >= 11 is 1.82.